The van der Waals surface area contributed by atoms with Crippen molar-refractivity contribution < 1.29 is 14.4 Å². The highest BCUT2D eigenvalue weighted by Crippen LogP contribution is 2.08. The number of aryl methyl sites for hydroxylation is 1. The van der Waals surface area contributed by atoms with Gasteiger partial charge in [0.25, 0.3) is 0 Å². The molecular formula is C17H31N5O3. The maximum atomic E-state index is 10.6. The Kier molecular flexibility index (Phi) is 7.67. The summed E-state index contributed by atoms with van der Waals surface area (Å²) in [5, 5.41) is 21.0. The molecule has 1 aromatic rings. The van der Waals surface area contributed by atoms with Gasteiger partial charge in [-0.3, -0.25) is 4.90 Å². The van der Waals surface area contributed by atoms with Crippen LogP contribution in [0.25, 0.3) is 0 Å². The molecule has 0 saturated carbocycles. The number of aliphatic hydroxyl groups is 1. The molecule has 1 unspecified atom stereocenters. The topological polar surface area (TPSA) is 95.2 Å². The third kappa shape index (κ3) is 7.01. The molecule has 0 radical (unpaired) electrons. The summed E-state index contributed by atoms with van der Waals surface area (Å²) in [5.41, 5.74) is 0.0754. The summed E-state index contributed by atoms with van der Waals surface area (Å²) in [6.07, 6.45) is 0.843. The largest absolute Gasteiger partial charge is 0.387 e. The molecule has 1 aliphatic rings. The molecule has 0 aliphatic carbocycles. The first-order valence-electron chi connectivity index (χ1n) is 9.01. The summed E-state index contributed by atoms with van der Waals surface area (Å²) in [7, 11) is 0. The van der Waals surface area contributed by atoms with Gasteiger partial charge in [-0.05, 0) is 20.3 Å². The third-order valence-electron chi connectivity index (χ3n) is 4.01. The first-order chi connectivity index (χ1) is 12.0. The van der Waals surface area contributed by atoms with Gasteiger partial charge < -0.3 is 25.0 Å². The Morgan fingerprint density at radius 3 is 2.76 bits per heavy atom. The summed E-state index contributed by atoms with van der Waals surface area (Å²) >= 11 is 0. The number of nitrogens with one attached hydrogen (secondary N) is 2. The first kappa shape index (κ1) is 19.7. The van der Waals surface area contributed by atoms with Gasteiger partial charge in [0.05, 0.1) is 24.5 Å². The highest BCUT2D eigenvalue weighted by atomic mass is 16.5. The molecule has 2 rings (SSSR count). The second-order valence-corrected chi connectivity index (χ2v) is 6.57. The molecule has 3 N–H and O–H groups in total. The lowest BCUT2D eigenvalue weighted by Gasteiger charge is -2.34. The molecule has 8 nitrogen and oxygen atoms in total. The van der Waals surface area contributed by atoms with Crippen LogP contribution >= 0.6 is 0 Å². The minimum atomic E-state index is -0.852. The summed E-state index contributed by atoms with van der Waals surface area (Å²) in [5.74, 6) is 1.38. The fourth-order valence-corrected chi connectivity index (χ4v) is 2.67. The fraction of sp³-hybridized carbons (Fsp3) is 0.765. The lowest BCUT2D eigenvalue weighted by Crippen LogP contribution is -2.52. The van der Waals surface area contributed by atoms with Crippen LogP contribution in [0.2, 0.25) is 0 Å². The van der Waals surface area contributed by atoms with E-state index in [1.165, 1.54) is 0 Å². The number of guanidine groups is 1. The Morgan fingerprint density at radius 2 is 2.12 bits per heavy atom. The summed E-state index contributed by atoms with van der Waals surface area (Å²) in [6, 6.07) is 1.92. The van der Waals surface area contributed by atoms with Crippen molar-refractivity contribution in [2.45, 2.75) is 39.3 Å². The number of hydrogen-bond donors (Lipinski definition) is 3. The van der Waals surface area contributed by atoms with E-state index in [-0.39, 0.29) is 0 Å². The number of rotatable bonds is 8. The molecule has 0 bridgehead atoms. The molecular weight excluding hydrogens is 322 g/mol. The van der Waals surface area contributed by atoms with E-state index < -0.39 is 5.60 Å². The van der Waals surface area contributed by atoms with Crippen LogP contribution in [-0.2, 0) is 17.7 Å². The number of nitrogens with zero attached hydrogens (tertiary/aromatic N) is 3. The van der Waals surface area contributed by atoms with Gasteiger partial charge in [-0.25, -0.2) is 4.99 Å². The van der Waals surface area contributed by atoms with Gasteiger partial charge in [0.15, 0.2) is 11.7 Å². The third-order valence-corrected chi connectivity index (χ3v) is 4.01. The van der Waals surface area contributed by atoms with Crippen LogP contribution in [0.3, 0.4) is 0 Å². The Balaban J connectivity index is 1.85. The van der Waals surface area contributed by atoms with Crippen molar-refractivity contribution in [1.82, 2.24) is 20.7 Å². The maximum absolute atomic E-state index is 10.6. The van der Waals surface area contributed by atoms with Crippen molar-refractivity contribution in [3.63, 3.8) is 0 Å². The quantitative estimate of drug-likeness (QED) is 0.459. The number of aliphatic imine (C=N–C) groups is 1. The van der Waals surface area contributed by atoms with Crippen LogP contribution in [-0.4, -0.2) is 72.7 Å². The predicted octanol–water partition coefficient (Wildman–Crippen LogP) is 0.375. The molecule has 2 heterocycles. The van der Waals surface area contributed by atoms with Crippen molar-refractivity contribution in [2.24, 2.45) is 4.99 Å². The van der Waals surface area contributed by atoms with E-state index in [9.17, 15) is 5.11 Å². The number of β-amino-alcohol motifs (C(OH)–C–C–N with tert-alkyl or cyclic N) is 1. The van der Waals surface area contributed by atoms with Crippen LogP contribution < -0.4 is 10.6 Å². The molecule has 1 fully saturated rings. The van der Waals surface area contributed by atoms with Gasteiger partial charge >= 0.3 is 0 Å². The van der Waals surface area contributed by atoms with Crippen LogP contribution in [0.4, 0.5) is 0 Å². The summed E-state index contributed by atoms with van der Waals surface area (Å²) < 4.78 is 10.6. The Morgan fingerprint density at radius 1 is 1.36 bits per heavy atom. The van der Waals surface area contributed by atoms with Crippen molar-refractivity contribution in [3.05, 3.63) is 17.5 Å². The van der Waals surface area contributed by atoms with E-state index in [2.05, 4.69) is 25.7 Å². The van der Waals surface area contributed by atoms with Gasteiger partial charge in [0.2, 0.25) is 0 Å². The highest BCUT2D eigenvalue weighted by molar-refractivity contribution is 5.79. The lowest BCUT2D eigenvalue weighted by atomic mass is 10.1. The minimum absolute atomic E-state index is 0.410. The highest BCUT2D eigenvalue weighted by Gasteiger charge is 2.25. The SMILES string of the molecule is CCNC(=NCc1cc(CC)no1)NCC(C)(O)CN1CCOCC1. The average molecular weight is 353 g/mol. The molecule has 142 valence electrons. The van der Waals surface area contributed by atoms with E-state index in [1.807, 2.05) is 26.8 Å². The predicted molar refractivity (Wildman–Crippen MR) is 96.6 cm³/mol. The second kappa shape index (κ2) is 9.74. The smallest absolute Gasteiger partial charge is 0.191 e. The molecule has 0 aromatic carbocycles. The summed E-state index contributed by atoms with van der Waals surface area (Å²) in [6.45, 7) is 11.2. The number of ether oxygens (including phenoxy) is 1. The second-order valence-electron chi connectivity index (χ2n) is 6.57. The van der Waals surface area contributed by atoms with Gasteiger partial charge in [-0.2, -0.15) is 0 Å². The minimum Gasteiger partial charge on any atom is -0.387 e. The van der Waals surface area contributed by atoms with E-state index >= 15 is 0 Å². The molecule has 25 heavy (non-hydrogen) atoms. The summed E-state index contributed by atoms with van der Waals surface area (Å²) in [4.78, 5) is 6.72. The van der Waals surface area contributed by atoms with Crippen molar-refractivity contribution in [3.8, 4) is 0 Å². The van der Waals surface area contributed by atoms with Gasteiger partial charge in [0, 0.05) is 38.8 Å². The van der Waals surface area contributed by atoms with E-state index in [0.717, 1.165) is 50.7 Å². The van der Waals surface area contributed by atoms with E-state index in [0.29, 0.717) is 25.6 Å². The zero-order valence-electron chi connectivity index (χ0n) is 15.5. The van der Waals surface area contributed by atoms with Crippen molar-refractivity contribution in [1.29, 1.82) is 0 Å². The van der Waals surface area contributed by atoms with Crippen molar-refractivity contribution >= 4 is 5.96 Å². The van der Waals surface area contributed by atoms with Gasteiger partial charge in [0.1, 0.15) is 6.54 Å². The molecule has 1 atom stereocenters. The Bertz CT molecular complexity index is 538. The van der Waals surface area contributed by atoms with Gasteiger partial charge in [-0.1, -0.05) is 12.1 Å². The van der Waals surface area contributed by atoms with E-state index in [1.54, 1.807) is 0 Å². The standard InChI is InChI=1S/C17H31N5O3/c1-4-14-10-15(25-21-14)11-19-16(18-5-2)20-12-17(3,23)13-22-6-8-24-9-7-22/h10,23H,4-9,11-13H2,1-3H3,(H2,18,19,20). The molecule has 1 saturated heterocycles. The zero-order chi connectivity index (χ0) is 18.1. The number of morpholine rings is 1. The molecule has 1 aliphatic heterocycles. The first-order valence-corrected chi connectivity index (χ1v) is 9.01. The van der Waals surface area contributed by atoms with Gasteiger partial charge in [-0.15, -0.1) is 0 Å². The monoisotopic (exact) mass is 353 g/mol. The van der Waals surface area contributed by atoms with E-state index in [4.69, 9.17) is 9.26 Å². The number of hydrogen-bond acceptors (Lipinski definition) is 6. The normalized spacial score (nSPS) is 18.8. The zero-order valence-corrected chi connectivity index (χ0v) is 15.5. The van der Waals surface area contributed by atoms with Crippen LogP contribution in [0.5, 0.6) is 0 Å². The van der Waals surface area contributed by atoms with Crippen LogP contribution in [0, 0.1) is 0 Å². The van der Waals surface area contributed by atoms with Crippen molar-refractivity contribution in [2.75, 3.05) is 45.9 Å². The Labute approximate surface area is 149 Å². The molecule has 0 amide bonds. The Hall–Kier alpha value is -1.64. The molecule has 8 heteroatoms. The maximum Gasteiger partial charge on any atom is 0.191 e. The van der Waals surface area contributed by atoms with Crippen LogP contribution in [0.15, 0.2) is 15.6 Å². The molecule has 0 spiro atoms. The fourth-order valence-electron chi connectivity index (χ4n) is 2.67. The number of aromatic nitrogens is 1. The lowest BCUT2D eigenvalue weighted by molar-refractivity contribution is -0.0201. The molecule has 1 aromatic heterocycles. The average Bonchev–Trinajstić information content (AvgIpc) is 3.06. The van der Waals surface area contributed by atoms with Crippen LogP contribution in [0.1, 0.15) is 32.2 Å².